The number of aromatic nitrogens is 1. The summed E-state index contributed by atoms with van der Waals surface area (Å²) in [5.74, 6) is 0.904. The summed E-state index contributed by atoms with van der Waals surface area (Å²) >= 11 is 1.48. The van der Waals surface area contributed by atoms with Crippen molar-refractivity contribution in [2.24, 2.45) is 0 Å². The Balaban J connectivity index is 2.03. The Bertz CT molecular complexity index is 476. The van der Waals surface area contributed by atoms with Crippen LogP contribution < -0.4 is 10.5 Å². The number of nitrogen functional groups attached to an aromatic ring is 1. The van der Waals surface area contributed by atoms with Crippen molar-refractivity contribution in [1.82, 2.24) is 4.98 Å². The molecule has 2 N–H and O–H groups in total. The van der Waals surface area contributed by atoms with E-state index in [0.29, 0.717) is 5.13 Å². The van der Waals surface area contributed by atoms with Gasteiger partial charge in [-0.15, -0.1) is 11.3 Å². The predicted molar refractivity (Wildman–Crippen MR) is 71.5 cm³/mol. The zero-order valence-corrected chi connectivity index (χ0v) is 10.8. The fourth-order valence-corrected chi connectivity index (χ4v) is 2.13. The molecule has 2 aromatic rings. The highest BCUT2D eigenvalue weighted by Crippen LogP contribution is 2.18. The fourth-order valence-electron chi connectivity index (χ4n) is 1.57. The van der Waals surface area contributed by atoms with Crippen LogP contribution in [0.2, 0.25) is 0 Å². The van der Waals surface area contributed by atoms with Gasteiger partial charge in [-0.3, -0.25) is 0 Å². The molecule has 17 heavy (non-hydrogen) atoms. The van der Waals surface area contributed by atoms with Crippen molar-refractivity contribution in [3.05, 3.63) is 40.9 Å². The number of nitrogens with zero attached hydrogens (tertiary/aromatic N) is 1. The predicted octanol–water partition coefficient (Wildman–Crippen LogP) is 3.10. The highest BCUT2D eigenvalue weighted by molar-refractivity contribution is 7.13. The van der Waals surface area contributed by atoms with Crippen LogP contribution in [0.5, 0.6) is 5.75 Å². The molecule has 0 amide bonds. The molecule has 0 radical (unpaired) electrons. The SMILES string of the molecule is CC(C)Oc1ccc(Cc2csc(N)n2)cc1. The Hall–Kier alpha value is -1.55. The zero-order chi connectivity index (χ0) is 12.3. The quantitative estimate of drug-likeness (QED) is 0.904. The molecule has 0 bridgehead atoms. The molecular weight excluding hydrogens is 232 g/mol. The fraction of sp³-hybridized carbons (Fsp3) is 0.308. The molecule has 0 saturated carbocycles. The third kappa shape index (κ3) is 3.46. The summed E-state index contributed by atoms with van der Waals surface area (Å²) in [5, 5.41) is 2.62. The van der Waals surface area contributed by atoms with Gasteiger partial charge >= 0.3 is 0 Å². The van der Waals surface area contributed by atoms with Gasteiger partial charge in [-0.1, -0.05) is 12.1 Å². The maximum Gasteiger partial charge on any atom is 0.180 e. The zero-order valence-electron chi connectivity index (χ0n) is 10.0. The number of rotatable bonds is 4. The van der Waals surface area contributed by atoms with Crippen LogP contribution in [0.1, 0.15) is 25.1 Å². The van der Waals surface area contributed by atoms with Crippen LogP contribution in [0.4, 0.5) is 5.13 Å². The van der Waals surface area contributed by atoms with E-state index in [0.717, 1.165) is 17.9 Å². The first-order chi connectivity index (χ1) is 8.13. The molecule has 0 unspecified atom stereocenters. The molecule has 0 aliphatic heterocycles. The molecule has 1 aromatic heterocycles. The van der Waals surface area contributed by atoms with Crippen LogP contribution in [0, 0.1) is 0 Å². The van der Waals surface area contributed by atoms with Gasteiger partial charge in [-0.05, 0) is 31.5 Å². The molecule has 0 spiro atoms. The maximum absolute atomic E-state index is 5.60. The van der Waals surface area contributed by atoms with Crippen LogP contribution in [0.3, 0.4) is 0 Å². The second kappa shape index (κ2) is 5.19. The molecule has 4 heteroatoms. The molecular formula is C13H16N2OS. The minimum atomic E-state index is 0.208. The van der Waals surface area contributed by atoms with Crippen molar-refractivity contribution in [3.63, 3.8) is 0 Å². The Morgan fingerprint density at radius 3 is 2.53 bits per heavy atom. The van der Waals surface area contributed by atoms with E-state index in [-0.39, 0.29) is 6.10 Å². The summed E-state index contributed by atoms with van der Waals surface area (Å²) < 4.78 is 5.59. The summed E-state index contributed by atoms with van der Waals surface area (Å²) in [4.78, 5) is 4.24. The Morgan fingerprint density at radius 1 is 1.29 bits per heavy atom. The lowest BCUT2D eigenvalue weighted by Gasteiger charge is -2.09. The number of benzene rings is 1. The monoisotopic (exact) mass is 248 g/mol. The summed E-state index contributed by atoms with van der Waals surface area (Å²) in [6.45, 7) is 4.04. The molecule has 0 aliphatic rings. The Morgan fingerprint density at radius 2 is 2.00 bits per heavy atom. The molecule has 1 heterocycles. The average molecular weight is 248 g/mol. The molecule has 0 atom stereocenters. The lowest BCUT2D eigenvalue weighted by Crippen LogP contribution is -2.05. The van der Waals surface area contributed by atoms with Crippen molar-refractivity contribution >= 4 is 16.5 Å². The van der Waals surface area contributed by atoms with Gasteiger partial charge in [-0.25, -0.2) is 4.98 Å². The lowest BCUT2D eigenvalue weighted by atomic mass is 10.1. The minimum absolute atomic E-state index is 0.208. The topological polar surface area (TPSA) is 48.1 Å². The highest BCUT2D eigenvalue weighted by Gasteiger charge is 2.02. The Labute approximate surface area is 105 Å². The van der Waals surface area contributed by atoms with Crippen LogP contribution in [0.25, 0.3) is 0 Å². The highest BCUT2D eigenvalue weighted by atomic mass is 32.1. The van der Waals surface area contributed by atoms with Gasteiger partial charge in [0.05, 0.1) is 11.8 Å². The van der Waals surface area contributed by atoms with E-state index >= 15 is 0 Å². The lowest BCUT2D eigenvalue weighted by molar-refractivity contribution is 0.242. The molecule has 0 aliphatic carbocycles. The molecule has 90 valence electrons. The van der Waals surface area contributed by atoms with Crippen molar-refractivity contribution < 1.29 is 4.74 Å². The number of nitrogens with two attached hydrogens (primary N) is 1. The summed E-state index contributed by atoms with van der Waals surface area (Å²) in [7, 11) is 0. The smallest absolute Gasteiger partial charge is 0.180 e. The van der Waals surface area contributed by atoms with Crippen LogP contribution in [-0.4, -0.2) is 11.1 Å². The van der Waals surface area contributed by atoms with E-state index in [1.54, 1.807) is 0 Å². The van der Waals surface area contributed by atoms with Crippen LogP contribution in [0.15, 0.2) is 29.6 Å². The van der Waals surface area contributed by atoms with Gasteiger partial charge in [0.1, 0.15) is 5.75 Å². The van der Waals surface area contributed by atoms with Gasteiger partial charge in [0.25, 0.3) is 0 Å². The number of hydrogen-bond donors (Lipinski definition) is 1. The molecule has 2 rings (SSSR count). The largest absolute Gasteiger partial charge is 0.491 e. The van der Waals surface area contributed by atoms with E-state index in [1.807, 2.05) is 31.4 Å². The number of hydrogen-bond acceptors (Lipinski definition) is 4. The van der Waals surface area contributed by atoms with Crippen LogP contribution >= 0.6 is 11.3 Å². The van der Waals surface area contributed by atoms with Gasteiger partial charge in [-0.2, -0.15) is 0 Å². The maximum atomic E-state index is 5.60. The molecule has 0 saturated heterocycles. The third-order valence-electron chi connectivity index (χ3n) is 2.25. The second-order valence-corrected chi connectivity index (χ2v) is 5.05. The summed E-state index contributed by atoms with van der Waals surface area (Å²) in [6, 6.07) is 8.11. The number of thiazole rings is 1. The second-order valence-electron chi connectivity index (χ2n) is 4.16. The number of ether oxygens (including phenoxy) is 1. The first kappa shape index (κ1) is 11.9. The number of anilines is 1. The molecule has 0 fully saturated rings. The van der Waals surface area contributed by atoms with Gasteiger partial charge in [0.2, 0.25) is 0 Å². The normalized spacial score (nSPS) is 10.8. The molecule has 3 nitrogen and oxygen atoms in total. The van der Waals surface area contributed by atoms with Gasteiger partial charge in [0, 0.05) is 11.8 Å². The standard InChI is InChI=1S/C13H16N2OS/c1-9(2)16-12-5-3-10(4-6-12)7-11-8-17-13(14)15-11/h3-6,8-9H,7H2,1-2H3,(H2,14,15). The van der Waals surface area contributed by atoms with E-state index in [4.69, 9.17) is 10.5 Å². The Kier molecular flexibility index (Phi) is 3.64. The third-order valence-corrected chi connectivity index (χ3v) is 2.97. The van der Waals surface area contributed by atoms with Crippen molar-refractivity contribution in [2.75, 3.05) is 5.73 Å². The van der Waals surface area contributed by atoms with Crippen molar-refractivity contribution in [3.8, 4) is 5.75 Å². The summed E-state index contributed by atoms with van der Waals surface area (Å²) in [6.07, 6.45) is 1.02. The van der Waals surface area contributed by atoms with Crippen molar-refractivity contribution in [1.29, 1.82) is 0 Å². The van der Waals surface area contributed by atoms with Gasteiger partial charge < -0.3 is 10.5 Å². The van der Waals surface area contributed by atoms with E-state index in [1.165, 1.54) is 16.9 Å². The first-order valence-corrected chi connectivity index (χ1v) is 6.47. The first-order valence-electron chi connectivity index (χ1n) is 5.59. The summed E-state index contributed by atoms with van der Waals surface area (Å²) in [5.41, 5.74) is 7.83. The minimum Gasteiger partial charge on any atom is -0.491 e. The van der Waals surface area contributed by atoms with Gasteiger partial charge in [0.15, 0.2) is 5.13 Å². The van der Waals surface area contributed by atoms with Crippen LogP contribution in [-0.2, 0) is 6.42 Å². The molecule has 1 aromatic carbocycles. The van der Waals surface area contributed by atoms with E-state index in [9.17, 15) is 0 Å². The van der Waals surface area contributed by atoms with E-state index < -0.39 is 0 Å². The average Bonchev–Trinajstić information content (AvgIpc) is 2.66. The van der Waals surface area contributed by atoms with Crippen molar-refractivity contribution in [2.45, 2.75) is 26.4 Å². The van der Waals surface area contributed by atoms with E-state index in [2.05, 4.69) is 17.1 Å².